The molecule has 0 spiro atoms. The predicted octanol–water partition coefficient (Wildman–Crippen LogP) is 4.46. The predicted molar refractivity (Wildman–Crippen MR) is 67.7 cm³/mol. The van der Waals surface area contributed by atoms with Gasteiger partial charge in [-0.15, -0.1) is 0 Å². The number of alkyl halides is 3. The summed E-state index contributed by atoms with van der Waals surface area (Å²) in [7, 11) is 1.09. The molecular formula is C13H19F3O3. The monoisotopic (exact) mass is 280 g/mol. The first-order valence-electron chi connectivity index (χ1n) is 5.85. The van der Waals surface area contributed by atoms with Gasteiger partial charge in [-0.05, 0) is 18.2 Å². The number of methoxy groups -OCH3 is 1. The van der Waals surface area contributed by atoms with E-state index in [0.717, 1.165) is 19.2 Å². The zero-order valence-corrected chi connectivity index (χ0v) is 11.6. The minimum absolute atomic E-state index is 0.396. The molecule has 0 aliphatic carbocycles. The highest BCUT2D eigenvalue weighted by atomic mass is 19.4. The van der Waals surface area contributed by atoms with Crippen LogP contribution >= 0.6 is 0 Å². The molecular weight excluding hydrogens is 261 g/mol. The van der Waals surface area contributed by atoms with E-state index in [1.165, 1.54) is 0 Å². The maximum absolute atomic E-state index is 12.4. The van der Waals surface area contributed by atoms with Crippen molar-refractivity contribution in [2.45, 2.75) is 33.9 Å². The Hall–Kier alpha value is -1.72. The number of carbonyl (C=O) groups is 1. The molecule has 0 aromatic heterocycles. The van der Waals surface area contributed by atoms with Gasteiger partial charge < -0.3 is 9.84 Å². The Morgan fingerprint density at radius 2 is 1.63 bits per heavy atom. The highest BCUT2D eigenvalue weighted by molar-refractivity contribution is 5.88. The Bertz CT molecular complexity index is 387. The number of aromatic carboxylic acids is 1. The maximum atomic E-state index is 12.4. The molecule has 1 N–H and O–H groups in total. The minimum Gasteiger partial charge on any atom is -0.496 e. The summed E-state index contributed by atoms with van der Waals surface area (Å²) < 4.78 is 41.7. The number of ether oxygens (including phenoxy) is 1. The van der Waals surface area contributed by atoms with E-state index in [4.69, 9.17) is 5.11 Å². The summed E-state index contributed by atoms with van der Waals surface area (Å²) in [5.74, 6) is -1.81. The highest BCUT2D eigenvalue weighted by Crippen LogP contribution is 2.36. The molecule has 0 saturated heterocycles. The molecule has 1 aromatic carbocycles. The van der Waals surface area contributed by atoms with Crippen molar-refractivity contribution in [2.24, 2.45) is 0 Å². The van der Waals surface area contributed by atoms with Crippen molar-refractivity contribution < 1.29 is 27.8 Å². The molecule has 0 aliphatic rings. The number of hydrogen-bond acceptors (Lipinski definition) is 2. The number of rotatable bonds is 2. The molecule has 0 aliphatic heterocycles. The van der Waals surface area contributed by atoms with E-state index in [9.17, 15) is 18.0 Å². The van der Waals surface area contributed by atoms with Crippen LogP contribution in [-0.2, 0) is 6.18 Å². The minimum atomic E-state index is -4.63. The van der Waals surface area contributed by atoms with Gasteiger partial charge in [0, 0.05) is 0 Å². The molecule has 0 unspecified atom stereocenters. The van der Waals surface area contributed by atoms with E-state index in [0.29, 0.717) is 6.07 Å². The molecule has 0 atom stereocenters. The summed E-state index contributed by atoms with van der Waals surface area (Å²) in [6, 6.07) is 2.57. The molecule has 19 heavy (non-hydrogen) atoms. The molecule has 0 saturated carbocycles. The third kappa shape index (κ3) is 6.13. The Morgan fingerprint density at radius 3 is 1.95 bits per heavy atom. The van der Waals surface area contributed by atoms with Crippen LogP contribution in [0.1, 0.15) is 43.6 Å². The Kier molecular flexibility index (Phi) is 9.54. The van der Waals surface area contributed by atoms with Crippen LogP contribution in [0.4, 0.5) is 13.2 Å². The zero-order chi connectivity index (χ0) is 15.6. The zero-order valence-electron chi connectivity index (χ0n) is 11.6. The van der Waals surface area contributed by atoms with Crippen LogP contribution in [0.15, 0.2) is 18.2 Å². The number of hydrogen-bond donors (Lipinski definition) is 1. The van der Waals surface area contributed by atoms with Crippen molar-refractivity contribution in [3.05, 3.63) is 29.3 Å². The van der Waals surface area contributed by atoms with Crippen LogP contribution < -0.4 is 4.74 Å². The lowest BCUT2D eigenvalue weighted by Gasteiger charge is -2.11. The quantitative estimate of drug-likeness (QED) is 0.869. The van der Waals surface area contributed by atoms with Crippen molar-refractivity contribution >= 4 is 5.97 Å². The molecule has 0 amide bonds. The molecule has 0 bridgehead atoms. The Labute approximate surface area is 111 Å². The topological polar surface area (TPSA) is 46.5 Å². The Morgan fingerprint density at radius 1 is 1.16 bits per heavy atom. The van der Waals surface area contributed by atoms with Crippen molar-refractivity contribution in [3.63, 3.8) is 0 Å². The normalized spacial score (nSPS) is 9.47. The summed E-state index contributed by atoms with van der Waals surface area (Å²) in [5, 5.41) is 8.53. The van der Waals surface area contributed by atoms with Crippen LogP contribution in [0.2, 0.25) is 0 Å². The average Bonchev–Trinajstić information content (AvgIpc) is 2.41. The first-order valence-corrected chi connectivity index (χ1v) is 5.85. The fourth-order valence-corrected chi connectivity index (χ4v) is 1.06. The van der Waals surface area contributed by atoms with Gasteiger partial charge in [-0.1, -0.05) is 27.7 Å². The highest BCUT2D eigenvalue weighted by Gasteiger charge is 2.34. The van der Waals surface area contributed by atoms with Gasteiger partial charge in [0.1, 0.15) is 5.75 Å². The van der Waals surface area contributed by atoms with Crippen LogP contribution in [0.5, 0.6) is 5.75 Å². The molecule has 0 heterocycles. The molecule has 1 rings (SSSR count). The van der Waals surface area contributed by atoms with Crippen molar-refractivity contribution in [1.29, 1.82) is 0 Å². The van der Waals surface area contributed by atoms with Gasteiger partial charge in [-0.3, -0.25) is 0 Å². The first-order chi connectivity index (χ1) is 8.86. The van der Waals surface area contributed by atoms with E-state index in [-0.39, 0.29) is 0 Å². The van der Waals surface area contributed by atoms with Gasteiger partial charge in [0.2, 0.25) is 0 Å². The van der Waals surface area contributed by atoms with Gasteiger partial charge in [0.25, 0.3) is 0 Å². The van der Waals surface area contributed by atoms with E-state index in [2.05, 4.69) is 4.74 Å². The number of carboxylic acid groups (broad SMARTS) is 1. The lowest BCUT2D eigenvalue weighted by atomic mass is 10.1. The summed E-state index contributed by atoms with van der Waals surface area (Å²) in [5.41, 5.74) is -1.52. The van der Waals surface area contributed by atoms with Gasteiger partial charge in [-0.2, -0.15) is 13.2 Å². The molecule has 110 valence electrons. The smallest absolute Gasteiger partial charge is 0.419 e. The molecule has 6 heteroatoms. The summed E-state index contributed by atoms with van der Waals surface area (Å²) in [6.45, 7) is 8.00. The fourth-order valence-electron chi connectivity index (χ4n) is 1.06. The standard InChI is InChI=1S/C9H7F3O3.2C2H6/c1-15-7-3-2-5(8(13)14)4-6(7)9(10,11)12;2*1-2/h2-4H,1H3,(H,13,14);2*1-2H3. The third-order valence-electron chi connectivity index (χ3n) is 1.75. The van der Waals surface area contributed by atoms with E-state index < -0.39 is 29.0 Å². The van der Waals surface area contributed by atoms with Crippen LogP contribution in [0.3, 0.4) is 0 Å². The second-order valence-electron chi connectivity index (χ2n) is 2.72. The number of benzene rings is 1. The van der Waals surface area contributed by atoms with Crippen molar-refractivity contribution in [3.8, 4) is 5.75 Å². The van der Waals surface area contributed by atoms with E-state index in [1.807, 2.05) is 27.7 Å². The van der Waals surface area contributed by atoms with E-state index >= 15 is 0 Å². The van der Waals surface area contributed by atoms with Crippen LogP contribution in [0, 0.1) is 0 Å². The third-order valence-corrected chi connectivity index (χ3v) is 1.75. The van der Waals surface area contributed by atoms with Gasteiger partial charge in [0.05, 0.1) is 18.2 Å². The van der Waals surface area contributed by atoms with Crippen molar-refractivity contribution in [2.75, 3.05) is 7.11 Å². The lowest BCUT2D eigenvalue weighted by molar-refractivity contribution is -0.138. The average molecular weight is 280 g/mol. The van der Waals surface area contributed by atoms with Gasteiger partial charge >= 0.3 is 12.1 Å². The summed E-state index contributed by atoms with van der Waals surface area (Å²) in [4.78, 5) is 10.5. The lowest BCUT2D eigenvalue weighted by Crippen LogP contribution is -2.09. The van der Waals surface area contributed by atoms with Crippen LogP contribution in [-0.4, -0.2) is 18.2 Å². The largest absolute Gasteiger partial charge is 0.496 e. The molecule has 1 aromatic rings. The molecule has 0 radical (unpaired) electrons. The van der Waals surface area contributed by atoms with Gasteiger partial charge in [-0.25, -0.2) is 4.79 Å². The second-order valence-corrected chi connectivity index (χ2v) is 2.72. The SMILES string of the molecule is CC.CC.COc1ccc(C(=O)O)cc1C(F)(F)F. The summed E-state index contributed by atoms with van der Waals surface area (Å²) >= 11 is 0. The van der Waals surface area contributed by atoms with E-state index in [1.54, 1.807) is 0 Å². The summed E-state index contributed by atoms with van der Waals surface area (Å²) in [6.07, 6.45) is -4.63. The fraction of sp³-hybridized carbons (Fsp3) is 0.462. The van der Waals surface area contributed by atoms with Crippen molar-refractivity contribution in [1.82, 2.24) is 0 Å². The molecule has 0 fully saturated rings. The Balaban J connectivity index is 0. The second kappa shape index (κ2) is 9.24. The molecule has 3 nitrogen and oxygen atoms in total. The number of halogens is 3. The first kappa shape index (κ1) is 19.6. The number of carboxylic acids is 1. The maximum Gasteiger partial charge on any atom is 0.419 e. The van der Waals surface area contributed by atoms with Crippen LogP contribution in [0.25, 0.3) is 0 Å². The van der Waals surface area contributed by atoms with Gasteiger partial charge in [0.15, 0.2) is 0 Å².